The molecule has 0 bridgehead atoms. The van der Waals surface area contributed by atoms with Crippen LogP contribution in [-0.2, 0) is 0 Å². The Balaban J connectivity index is 1.84. The lowest BCUT2D eigenvalue weighted by Crippen LogP contribution is -2.50. The molecule has 1 aliphatic heterocycles. The monoisotopic (exact) mass is 284 g/mol. The second-order valence-electron chi connectivity index (χ2n) is 5.09. The molecule has 0 saturated carbocycles. The van der Waals surface area contributed by atoms with Gasteiger partial charge in [-0.25, -0.2) is 4.79 Å². The van der Waals surface area contributed by atoms with Gasteiger partial charge in [0.1, 0.15) is 0 Å². The number of carbonyl (C=O) groups excluding carboxylic acids is 1. The number of hydrogen-bond acceptors (Lipinski definition) is 2. The average molecular weight is 284 g/mol. The number of carbonyl (C=O) groups is 2. The summed E-state index contributed by atoms with van der Waals surface area (Å²) in [6.45, 7) is 1.61. The summed E-state index contributed by atoms with van der Waals surface area (Å²) in [7, 11) is 0. The minimum Gasteiger partial charge on any atom is -0.465 e. The van der Waals surface area contributed by atoms with E-state index in [2.05, 4.69) is 0 Å². The van der Waals surface area contributed by atoms with Crippen molar-refractivity contribution >= 4 is 22.8 Å². The molecular formula is C16H16N2O3. The number of carboxylic acid groups (broad SMARTS) is 1. The minimum atomic E-state index is -0.924. The van der Waals surface area contributed by atoms with E-state index in [0.29, 0.717) is 31.7 Å². The number of benzene rings is 2. The van der Waals surface area contributed by atoms with Gasteiger partial charge >= 0.3 is 6.09 Å². The molecule has 0 atom stereocenters. The Morgan fingerprint density at radius 2 is 1.48 bits per heavy atom. The fourth-order valence-electron chi connectivity index (χ4n) is 2.68. The second-order valence-corrected chi connectivity index (χ2v) is 5.09. The van der Waals surface area contributed by atoms with Crippen molar-refractivity contribution in [3.8, 4) is 0 Å². The van der Waals surface area contributed by atoms with Crippen molar-refractivity contribution in [2.75, 3.05) is 26.2 Å². The lowest BCUT2D eigenvalue weighted by atomic mass is 10.0. The fourth-order valence-corrected chi connectivity index (χ4v) is 2.68. The molecule has 0 aliphatic carbocycles. The maximum atomic E-state index is 12.7. The van der Waals surface area contributed by atoms with Crippen LogP contribution in [0.3, 0.4) is 0 Å². The maximum Gasteiger partial charge on any atom is 0.407 e. The molecule has 1 saturated heterocycles. The number of amides is 2. The van der Waals surface area contributed by atoms with Gasteiger partial charge in [-0.15, -0.1) is 0 Å². The standard InChI is InChI=1S/C16H16N2O3/c19-15(17-8-10-18(11-9-17)16(20)21)14-7-3-5-12-4-1-2-6-13(12)14/h1-7H,8-11H2,(H,20,21). The molecule has 1 fully saturated rings. The average Bonchev–Trinajstić information content (AvgIpc) is 2.53. The molecule has 108 valence electrons. The van der Waals surface area contributed by atoms with Gasteiger partial charge in [0.05, 0.1) is 0 Å². The molecule has 1 aliphatic rings. The van der Waals surface area contributed by atoms with Crippen LogP contribution in [0.5, 0.6) is 0 Å². The van der Waals surface area contributed by atoms with Crippen LogP contribution >= 0.6 is 0 Å². The Bertz CT molecular complexity index is 685. The third kappa shape index (κ3) is 2.54. The highest BCUT2D eigenvalue weighted by molar-refractivity contribution is 6.07. The molecular weight excluding hydrogens is 268 g/mol. The van der Waals surface area contributed by atoms with Gasteiger partial charge in [-0.3, -0.25) is 4.79 Å². The summed E-state index contributed by atoms with van der Waals surface area (Å²) in [4.78, 5) is 26.6. The van der Waals surface area contributed by atoms with E-state index in [9.17, 15) is 9.59 Å². The summed E-state index contributed by atoms with van der Waals surface area (Å²) in [5.41, 5.74) is 0.678. The van der Waals surface area contributed by atoms with Crippen LogP contribution in [0.25, 0.3) is 10.8 Å². The van der Waals surface area contributed by atoms with Gasteiger partial charge in [0.2, 0.25) is 0 Å². The van der Waals surface area contributed by atoms with E-state index in [1.54, 1.807) is 4.90 Å². The van der Waals surface area contributed by atoms with E-state index in [4.69, 9.17) is 5.11 Å². The lowest BCUT2D eigenvalue weighted by Gasteiger charge is -2.33. The van der Waals surface area contributed by atoms with Crippen LogP contribution in [-0.4, -0.2) is 53.1 Å². The van der Waals surface area contributed by atoms with Crippen LogP contribution in [0.1, 0.15) is 10.4 Å². The topological polar surface area (TPSA) is 60.9 Å². The van der Waals surface area contributed by atoms with Crippen molar-refractivity contribution in [3.63, 3.8) is 0 Å². The van der Waals surface area contributed by atoms with E-state index in [1.165, 1.54) is 4.90 Å². The summed E-state index contributed by atoms with van der Waals surface area (Å²) in [5, 5.41) is 10.9. The number of rotatable bonds is 1. The SMILES string of the molecule is O=C(O)N1CCN(C(=O)c2cccc3ccccc23)CC1. The molecule has 0 spiro atoms. The summed E-state index contributed by atoms with van der Waals surface area (Å²) in [6, 6.07) is 13.5. The first-order chi connectivity index (χ1) is 10.2. The third-order valence-electron chi connectivity index (χ3n) is 3.86. The second kappa shape index (κ2) is 5.44. The smallest absolute Gasteiger partial charge is 0.407 e. The largest absolute Gasteiger partial charge is 0.465 e. The predicted octanol–water partition coefficient (Wildman–Crippen LogP) is 2.28. The molecule has 0 radical (unpaired) electrons. The summed E-state index contributed by atoms with van der Waals surface area (Å²) in [5.74, 6) is -0.0307. The molecule has 0 unspecified atom stereocenters. The zero-order chi connectivity index (χ0) is 14.8. The summed E-state index contributed by atoms with van der Waals surface area (Å²) < 4.78 is 0. The zero-order valence-electron chi connectivity index (χ0n) is 11.5. The molecule has 5 heteroatoms. The molecule has 1 heterocycles. The van der Waals surface area contributed by atoms with Crippen LogP contribution in [0.4, 0.5) is 4.79 Å². The number of hydrogen-bond donors (Lipinski definition) is 1. The highest BCUT2D eigenvalue weighted by Gasteiger charge is 2.25. The quantitative estimate of drug-likeness (QED) is 0.874. The van der Waals surface area contributed by atoms with Crippen molar-refractivity contribution in [1.29, 1.82) is 0 Å². The Hall–Kier alpha value is -2.56. The van der Waals surface area contributed by atoms with Crippen LogP contribution < -0.4 is 0 Å². The molecule has 21 heavy (non-hydrogen) atoms. The highest BCUT2D eigenvalue weighted by atomic mass is 16.4. The van der Waals surface area contributed by atoms with Crippen molar-refractivity contribution in [2.45, 2.75) is 0 Å². The molecule has 2 aromatic carbocycles. The molecule has 2 aromatic rings. The molecule has 2 amide bonds. The van der Waals surface area contributed by atoms with Crippen molar-refractivity contribution in [2.24, 2.45) is 0 Å². The van der Waals surface area contributed by atoms with E-state index < -0.39 is 6.09 Å². The van der Waals surface area contributed by atoms with E-state index in [-0.39, 0.29) is 5.91 Å². The van der Waals surface area contributed by atoms with Gasteiger partial charge in [0, 0.05) is 31.7 Å². The molecule has 0 aromatic heterocycles. The first kappa shape index (κ1) is 13.4. The Morgan fingerprint density at radius 3 is 2.19 bits per heavy atom. The molecule has 5 nitrogen and oxygen atoms in total. The van der Waals surface area contributed by atoms with Crippen LogP contribution in [0.15, 0.2) is 42.5 Å². The van der Waals surface area contributed by atoms with E-state index in [1.807, 2.05) is 42.5 Å². The van der Waals surface area contributed by atoms with Gasteiger partial charge in [0.15, 0.2) is 0 Å². The van der Waals surface area contributed by atoms with E-state index in [0.717, 1.165) is 10.8 Å². The molecule has 1 N–H and O–H groups in total. The summed E-state index contributed by atoms with van der Waals surface area (Å²) in [6.07, 6.45) is -0.924. The third-order valence-corrected chi connectivity index (χ3v) is 3.86. The Kier molecular flexibility index (Phi) is 3.48. The van der Waals surface area contributed by atoms with Crippen LogP contribution in [0, 0.1) is 0 Å². The van der Waals surface area contributed by atoms with Gasteiger partial charge in [-0.1, -0.05) is 36.4 Å². The normalized spacial score (nSPS) is 15.2. The van der Waals surface area contributed by atoms with Gasteiger partial charge in [-0.2, -0.15) is 0 Å². The maximum absolute atomic E-state index is 12.7. The first-order valence-electron chi connectivity index (χ1n) is 6.92. The number of piperazine rings is 1. The van der Waals surface area contributed by atoms with Crippen molar-refractivity contribution in [3.05, 3.63) is 48.0 Å². The van der Waals surface area contributed by atoms with E-state index >= 15 is 0 Å². The zero-order valence-corrected chi connectivity index (χ0v) is 11.5. The first-order valence-corrected chi connectivity index (χ1v) is 6.92. The van der Waals surface area contributed by atoms with Gasteiger partial charge in [-0.05, 0) is 16.8 Å². The predicted molar refractivity (Wildman–Crippen MR) is 79.4 cm³/mol. The Labute approximate surface area is 122 Å². The number of fused-ring (bicyclic) bond motifs is 1. The van der Waals surface area contributed by atoms with Crippen molar-refractivity contribution in [1.82, 2.24) is 9.80 Å². The summed E-state index contributed by atoms with van der Waals surface area (Å²) >= 11 is 0. The van der Waals surface area contributed by atoms with Crippen molar-refractivity contribution < 1.29 is 14.7 Å². The minimum absolute atomic E-state index is 0.0307. The highest BCUT2D eigenvalue weighted by Crippen LogP contribution is 2.20. The molecule has 3 rings (SSSR count). The van der Waals surface area contributed by atoms with Gasteiger partial charge < -0.3 is 14.9 Å². The Morgan fingerprint density at radius 1 is 0.857 bits per heavy atom. The lowest BCUT2D eigenvalue weighted by molar-refractivity contribution is 0.0626. The van der Waals surface area contributed by atoms with Crippen LogP contribution in [0.2, 0.25) is 0 Å². The number of nitrogens with zero attached hydrogens (tertiary/aromatic N) is 2. The fraction of sp³-hybridized carbons (Fsp3) is 0.250. The van der Waals surface area contributed by atoms with Gasteiger partial charge in [0.25, 0.3) is 5.91 Å².